The fourth-order valence-electron chi connectivity index (χ4n) is 2.53. The van der Waals surface area contributed by atoms with Gasteiger partial charge in [0.25, 0.3) is 0 Å². The number of carbonyl (C=O) groups is 1. The molecule has 0 atom stereocenters. The zero-order valence-corrected chi connectivity index (χ0v) is 12.1. The van der Waals surface area contributed by atoms with E-state index in [9.17, 15) is 4.79 Å². The normalized spacial score (nSPS) is 15.6. The number of fused-ring (bicyclic) bond motifs is 1. The van der Waals surface area contributed by atoms with Gasteiger partial charge >= 0.3 is 0 Å². The molecule has 1 aliphatic heterocycles. The molecule has 1 aliphatic rings. The van der Waals surface area contributed by atoms with Crippen molar-refractivity contribution in [1.29, 1.82) is 0 Å². The Kier molecular flexibility index (Phi) is 3.74. The lowest BCUT2D eigenvalue weighted by Gasteiger charge is -2.26. The summed E-state index contributed by atoms with van der Waals surface area (Å²) in [4.78, 5) is 22.7. The third-order valence-corrected chi connectivity index (χ3v) is 3.66. The zero-order chi connectivity index (χ0) is 14.8. The molecule has 3 rings (SSSR count). The molecule has 0 radical (unpaired) electrons. The van der Waals surface area contributed by atoms with Gasteiger partial charge in [-0.05, 0) is 18.6 Å². The lowest BCUT2D eigenvalue weighted by molar-refractivity contribution is -0.135. The van der Waals surface area contributed by atoms with Gasteiger partial charge in [-0.15, -0.1) is 0 Å². The Bertz CT molecular complexity index is 661. The lowest BCUT2D eigenvalue weighted by atomic mass is 10.3. The summed E-state index contributed by atoms with van der Waals surface area (Å²) >= 11 is 0. The van der Waals surface area contributed by atoms with Gasteiger partial charge in [0.1, 0.15) is 5.52 Å². The van der Waals surface area contributed by atoms with Crippen molar-refractivity contribution >= 4 is 23.0 Å². The Balaban J connectivity index is 1.72. The highest BCUT2D eigenvalue weighted by Crippen LogP contribution is 2.17. The van der Waals surface area contributed by atoms with E-state index in [1.54, 1.807) is 10.8 Å². The first-order chi connectivity index (χ1) is 10.1. The number of hydrogen-bond acceptors (Lipinski definition) is 5. The fraction of sp³-hybridized carbons (Fsp3) is 0.500. The van der Waals surface area contributed by atoms with Gasteiger partial charge in [0.2, 0.25) is 11.9 Å². The molecule has 0 unspecified atom stereocenters. The van der Waals surface area contributed by atoms with Gasteiger partial charge in [-0.1, -0.05) is 0 Å². The molecule has 0 aliphatic carbocycles. The van der Waals surface area contributed by atoms with E-state index in [2.05, 4.69) is 9.97 Å². The van der Waals surface area contributed by atoms with E-state index in [0.29, 0.717) is 45.2 Å². The number of nitrogens with two attached hydrogens (primary N) is 1. The molecule has 3 heterocycles. The van der Waals surface area contributed by atoms with Crippen LogP contribution in [0.15, 0.2) is 12.3 Å². The molecule has 21 heavy (non-hydrogen) atoms. The Morgan fingerprint density at radius 3 is 2.95 bits per heavy atom. The van der Waals surface area contributed by atoms with Gasteiger partial charge in [-0.25, -0.2) is 9.97 Å². The lowest BCUT2D eigenvalue weighted by Crippen LogP contribution is -2.41. The molecule has 112 valence electrons. The largest absolute Gasteiger partial charge is 0.378 e. The molecule has 0 aromatic carbocycles. The Morgan fingerprint density at radius 2 is 2.19 bits per heavy atom. The van der Waals surface area contributed by atoms with E-state index in [0.717, 1.165) is 16.7 Å². The van der Waals surface area contributed by atoms with Crippen LogP contribution in [-0.4, -0.2) is 51.6 Å². The van der Waals surface area contributed by atoms with Gasteiger partial charge in [0.05, 0.1) is 13.2 Å². The zero-order valence-electron chi connectivity index (χ0n) is 12.1. The first kappa shape index (κ1) is 13.8. The van der Waals surface area contributed by atoms with E-state index in [4.69, 9.17) is 10.5 Å². The number of ether oxygens (including phenoxy) is 1. The predicted octanol–water partition coefficient (Wildman–Crippen LogP) is 0.571. The highest BCUT2D eigenvalue weighted by Gasteiger charge is 2.18. The number of carbonyl (C=O) groups excluding carboxylic acids is 1. The van der Waals surface area contributed by atoms with Gasteiger partial charge < -0.3 is 15.4 Å². The molecule has 0 spiro atoms. The minimum Gasteiger partial charge on any atom is -0.378 e. The van der Waals surface area contributed by atoms with Crippen LogP contribution >= 0.6 is 0 Å². The number of aryl methyl sites for hydroxylation is 2. The summed E-state index contributed by atoms with van der Waals surface area (Å²) in [6.07, 6.45) is 2.18. The summed E-state index contributed by atoms with van der Waals surface area (Å²) in [5.41, 5.74) is 8.47. The van der Waals surface area contributed by atoms with Gasteiger partial charge in [0, 0.05) is 32.3 Å². The number of nitrogens with zero attached hydrogens (tertiary/aromatic N) is 4. The average molecular weight is 289 g/mol. The van der Waals surface area contributed by atoms with Crippen LogP contribution < -0.4 is 5.73 Å². The number of anilines is 1. The predicted molar refractivity (Wildman–Crippen MR) is 78.7 cm³/mol. The summed E-state index contributed by atoms with van der Waals surface area (Å²) in [7, 11) is 0. The number of rotatable bonds is 3. The maximum absolute atomic E-state index is 12.2. The molecule has 1 amide bonds. The van der Waals surface area contributed by atoms with Crippen molar-refractivity contribution in [3.05, 3.63) is 17.8 Å². The third-order valence-electron chi connectivity index (χ3n) is 3.66. The Labute approximate surface area is 122 Å². The standard InChI is InChI=1S/C14H19N5O2/c1-10-8-11-13(16-9-10)19(14(15)17-11)3-2-12(20)18-4-6-21-7-5-18/h8-9H,2-7H2,1H3,(H2,15,17). The van der Waals surface area contributed by atoms with Crippen molar-refractivity contribution in [2.24, 2.45) is 0 Å². The van der Waals surface area contributed by atoms with Crippen molar-refractivity contribution in [2.45, 2.75) is 19.9 Å². The Morgan fingerprint density at radius 1 is 1.43 bits per heavy atom. The number of pyridine rings is 1. The topological polar surface area (TPSA) is 86.3 Å². The van der Waals surface area contributed by atoms with Crippen LogP contribution in [0, 0.1) is 6.92 Å². The molecular formula is C14H19N5O2. The molecule has 2 aromatic rings. The molecule has 7 nitrogen and oxygen atoms in total. The molecular weight excluding hydrogens is 270 g/mol. The van der Waals surface area contributed by atoms with Crippen LogP contribution in [-0.2, 0) is 16.1 Å². The summed E-state index contributed by atoms with van der Waals surface area (Å²) in [5.74, 6) is 0.518. The summed E-state index contributed by atoms with van der Waals surface area (Å²) in [5, 5.41) is 0. The van der Waals surface area contributed by atoms with Gasteiger partial charge in [-0.3, -0.25) is 9.36 Å². The average Bonchev–Trinajstić information content (AvgIpc) is 2.80. The van der Waals surface area contributed by atoms with Crippen molar-refractivity contribution in [2.75, 3.05) is 32.0 Å². The van der Waals surface area contributed by atoms with E-state index >= 15 is 0 Å². The first-order valence-corrected chi connectivity index (χ1v) is 7.09. The second kappa shape index (κ2) is 5.69. The SMILES string of the molecule is Cc1cnc2c(c1)nc(N)n2CCC(=O)N1CCOCC1. The monoisotopic (exact) mass is 289 g/mol. The van der Waals surface area contributed by atoms with Crippen molar-refractivity contribution < 1.29 is 9.53 Å². The smallest absolute Gasteiger partial charge is 0.224 e. The van der Waals surface area contributed by atoms with Gasteiger partial charge in [0.15, 0.2) is 5.65 Å². The summed E-state index contributed by atoms with van der Waals surface area (Å²) < 4.78 is 7.05. The van der Waals surface area contributed by atoms with Crippen LogP contribution in [0.25, 0.3) is 11.2 Å². The van der Waals surface area contributed by atoms with Crippen LogP contribution in [0.4, 0.5) is 5.95 Å². The molecule has 2 aromatic heterocycles. The molecule has 0 bridgehead atoms. The van der Waals surface area contributed by atoms with Gasteiger partial charge in [-0.2, -0.15) is 0 Å². The third kappa shape index (κ3) is 2.82. The van der Waals surface area contributed by atoms with E-state index in [1.807, 2.05) is 17.9 Å². The van der Waals surface area contributed by atoms with E-state index in [1.165, 1.54) is 0 Å². The second-order valence-electron chi connectivity index (χ2n) is 5.22. The van der Waals surface area contributed by atoms with Crippen molar-refractivity contribution in [1.82, 2.24) is 19.4 Å². The molecule has 7 heteroatoms. The number of hydrogen-bond donors (Lipinski definition) is 1. The molecule has 1 saturated heterocycles. The number of nitrogen functional groups attached to an aromatic ring is 1. The quantitative estimate of drug-likeness (QED) is 0.892. The fourth-order valence-corrected chi connectivity index (χ4v) is 2.53. The number of morpholine rings is 1. The van der Waals surface area contributed by atoms with Crippen molar-refractivity contribution in [3.63, 3.8) is 0 Å². The first-order valence-electron chi connectivity index (χ1n) is 7.09. The molecule has 2 N–H and O–H groups in total. The maximum atomic E-state index is 12.2. The number of imidazole rings is 1. The van der Waals surface area contributed by atoms with Crippen LogP contribution in [0.5, 0.6) is 0 Å². The van der Waals surface area contributed by atoms with Crippen LogP contribution in [0.1, 0.15) is 12.0 Å². The number of aromatic nitrogens is 3. The minimum absolute atomic E-state index is 0.117. The maximum Gasteiger partial charge on any atom is 0.224 e. The Hall–Kier alpha value is -2.15. The minimum atomic E-state index is 0.117. The second-order valence-corrected chi connectivity index (χ2v) is 5.22. The summed E-state index contributed by atoms with van der Waals surface area (Å²) in [6.45, 7) is 5.01. The van der Waals surface area contributed by atoms with Crippen molar-refractivity contribution in [3.8, 4) is 0 Å². The molecule has 1 fully saturated rings. The molecule has 0 saturated carbocycles. The number of amides is 1. The highest BCUT2D eigenvalue weighted by atomic mass is 16.5. The summed E-state index contributed by atoms with van der Waals surface area (Å²) in [6, 6.07) is 1.94. The van der Waals surface area contributed by atoms with Crippen LogP contribution in [0.3, 0.4) is 0 Å². The van der Waals surface area contributed by atoms with Crippen LogP contribution in [0.2, 0.25) is 0 Å². The highest BCUT2D eigenvalue weighted by molar-refractivity contribution is 5.77. The van der Waals surface area contributed by atoms with E-state index < -0.39 is 0 Å². The van der Waals surface area contributed by atoms with E-state index in [-0.39, 0.29) is 5.91 Å².